The lowest BCUT2D eigenvalue weighted by Crippen LogP contribution is -2.11. The summed E-state index contributed by atoms with van der Waals surface area (Å²) < 4.78 is 2.01. The second kappa shape index (κ2) is 3.51. The first kappa shape index (κ1) is 11.0. The maximum absolute atomic E-state index is 6.15. The second-order valence-corrected chi connectivity index (χ2v) is 5.54. The molecule has 0 amide bonds. The van der Waals surface area contributed by atoms with Crippen molar-refractivity contribution in [3.05, 3.63) is 29.6 Å². The van der Waals surface area contributed by atoms with Gasteiger partial charge in [-0.2, -0.15) is 0 Å². The van der Waals surface area contributed by atoms with Crippen LogP contribution in [0.5, 0.6) is 0 Å². The van der Waals surface area contributed by atoms with Crippen molar-refractivity contribution in [2.45, 2.75) is 34.1 Å². The molecule has 0 unspecified atom stereocenters. The van der Waals surface area contributed by atoms with Gasteiger partial charge in [-0.15, -0.1) is 0 Å². The Morgan fingerprint density at radius 1 is 1.31 bits per heavy atom. The highest BCUT2D eigenvalue weighted by Crippen LogP contribution is 2.25. The summed E-state index contributed by atoms with van der Waals surface area (Å²) in [6.45, 7) is 8.64. The lowest BCUT2D eigenvalue weighted by atomic mass is 9.90. The van der Waals surface area contributed by atoms with Gasteiger partial charge in [-0.1, -0.05) is 26.8 Å². The fourth-order valence-corrected chi connectivity index (χ4v) is 1.96. The molecule has 2 aromatic rings. The van der Waals surface area contributed by atoms with Crippen molar-refractivity contribution in [3.63, 3.8) is 0 Å². The quantitative estimate of drug-likeness (QED) is 0.798. The highest BCUT2D eigenvalue weighted by molar-refractivity contribution is 5.54. The molecular formula is C13H19N3. The predicted octanol–water partition coefficient (Wildman–Crippen LogP) is 2.81. The molecule has 0 saturated heterocycles. The standard InChI is InChI=1S/C13H19N3/c1-9-6-5-7-11-15-10(8-13(2,3)4)12(14)16(9)11/h5-7H,8,14H2,1-4H3. The summed E-state index contributed by atoms with van der Waals surface area (Å²) in [7, 11) is 0. The maximum atomic E-state index is 6.15. The molecule has 0 saturated carbocycles. The zero-order chi connectivity index (χ0) is 11.9. The van der Waals surface area contributed by atoms with Crippen molar-refractivity contribution in [2.24, 2.45) is 5.41 Å². The largest absolute Gasteiger partial charge is 0.383 e. The number of aromatic nitrogens is 2. The summed E-state index contributed by atoms with van der Waals surface area (Å²) in [5, 5.41) is 0. The highest BCUT2D eigenvalue weighted by Gasteiger charge is 2.17. The van der Waals surface area contributed by atoms with Crippen LogP contribution < -0.4 is 5.73 Å². The minimum Gasteiger partial charge on any atom is -0.383 e. The Labute approximate surface area is 96.3 Å². The lowest BCUT2D eigenvalue weighted by molar-refractivity contribution is 0.408. The number of nitrogens with two attached hydrogens (primary N) is 1. The first-order valence-electron chi connectivity index (χ1n) is 5.61. The summed E-state index contributed by atoms with van der Waals surface area (Å²) in [5.41, 5.74) is 9.43. The van der Waals surface area contributed by atoms with Crippen LogP contribution in [0.25, 0.3) is 5.65 Å². The van der Waals surface area contributed by atoms with E-state index in [1.807, 2.05) is 29.5 Å². The number of imidazole rings is 1. The van der Waals surface area contributed by atoms with Gasteiger partial charge >= 0.3 is 0 Å². The van der Waals surface area contributed by atoms with Crippen LogP contribution in [-0.2, 0) is 6.42 Å². The molecule has 2 aromatic heterocycles. The first-order chi connectivity index (χ1) is 7.38. The molecule has 0 aromatic carbocycles. The predicted molar refractivity (Wildman–Crippen MR) is 67.5 cm³/mol. The van der Waals surface area contributed by atoms with Crippen LogP contribution in [0, 0.1) is 12.3 Å². The van der Waals surface area contributed by atoms with E-state index in [0.29, 0.717) is 0 Å². The van der Waals surface area contributed by atoms with Crippen molar-refractivity contribution >= 4 is 11.5 Å². The van der Waals surface area contributed by atoms with Crippen molar-refractivity contribution < 1.29 is 0 Å². The number of aryl methyl sites for hydroxylation is 1. The number of hydrogen-bond acceptors (Lipinski definition) is 2. The van der Waals surface area contributed by atoms with Gasteiger partial charge in [0.25, 0.3) is 0 Å². The first-order valence-corrected chi connectivity index (χ1v) is 5.61. The number of nitrogens with zero attached hydrogens (tertiary/aromatic N) is 2. The smallest absolute Gasteiger partial charge is 0.138 e. The topological polar surface area (TPSA) is 43.3 Å². The molecule has 2 rings (SSSR count). The summed E-state index contributed by atoms with van der Waals surface area (Å²) in [4.78, 5) is 4.60. The van der Waals surface area contributed by atoms with E-state index in [4.69, 9.17) is 5.73 Å². The van der Waals surface area contributed by atoms with E-state index in [1.54, 1.807) is 0 Å². The number of anilines is 1. The molecule has 0 radical (unpaired) electrons. The van der Waals surface area contributed by atoms with Crippen LogP contribution in [0.15, 0.2) is 18.2 Å². The van der Waals surface area contributed by atoms with Gasteiger partial charge in [0.05, 0.1) is 5.69 Å². The molecule has 2 N–H and O–H groups in total. The van der Waals surface area contributed by atoms with E-state index in [9.17, 15) is 0 Å². The van der Waals surface area contributed by atoms with Gasteiger partial charge in [0.2, 0.25) is 0 Å². The van der Waals surface area contributed by atoms with E-state index < -0.39 is 0 Å². The van der Waals surface area contributed by atoms with Crippen LogP contribution in [-0.4, -0.2) is 9.38 Å². The Kier molecular flexibility index (Phi) is 2.41. The zero-order valence-electron chi connectivity index (χ0n) is 10.4. The molecule has 0 spiro atoms. The van der Waals surface area contributed by atoms with Crippen LogP contribution in [0.1, 0.15) is 32.2 Å². The minimum absolute atomic E-state index is 0.208. The molecule has 0 aliphatic rings. The molecular weight excluding hydrogens is 198 g/mol. The van der Waals surface area contributed by atoms with Crippen LogP contribution in [0.4, 0.5) is 5.82 Å². The Morgan fingerprint density at radius 2 is 2.00 bits per heavy atom. The molecule has 3 nitrogen and oxygen atoms in total. The minimum atomic E-state index is 0.208. The molecule has 0 fully saturated rings. The van der Waals surface area contributed by atoms with Gasteiger partial charge < -0.3 is 5.73 Å². The third-order valence-electron chi connectivity index (χ3n) is 2.65. The lowest BCUT2D eigenvalue weighted by Gasteiger charge is -2.16. The van der Waals surface area contributed by atoms with E-state index in [2.05, 4.69) is 25.8 Å². The molecule has 0 aliphatic carbocycles. The second-order valence-electron chi connectivity index (χ2n) is 5.54. The Bertz CT molecular complexity index is 518. The average Bonchev–Trinajstić information content (AvgIpc) is 2.42. The van der Waals surface area contributed by atoms with Gasteiger partial charge in [0, 0.05) is 5.69 Å². The van der Waals surface area contributed by atoms with Gasteiger partial charge in [-0.05, 0) is 30.9 Å². The molecule has 86 valence electrons. The van der Waals surface area contributed by atoms with Gasteiger partial charge in [-0.25, -0.2) is 4.98 Å². The molecule has 3 heteroatoms. The van der Waals surface area contributed by atoms with E-state index in [0.717, 1.165) is 29.3 Å². The third-order valence-corrected chi connectivity index (χ3v) is 2.65. The molecule has 16 heavy (non-hydrogen) atoms. The van der Waals surface area contributed by atoms with Crippen molar-refractivity contribution in [2.75, 3.05) is 5.73 Å². The fraction of sp³-hybridized carbons (Fsp3) is 0.462. The number of fused-ring (bicyclic) bond motifs is 1. The van der Waals surface area contributed by atoms with Crippen LogP contribution in [0.3, 0.4) is 0 Å². The van der Waals surface area contributed by atoms with Crippen molar-refractivity contribution in [3.8, 4) is 0 Å². The number of pyridine rings is 1. The highest BCUT2D eigenvalue weighted by atomic mass is 15.1. The molecule has 0 atom stereocenters. The van der Waals surface area contributed by atoms with E-state index in [-0.39, 0.29) is 5.41 Å². The summed E-state index contributed by atoms with van der Waals surface area (Å²) >= 11 is 0. The number of rotatable bonds is 1. The van der Waals surface area contributed by atoms with Gasteiger partial charge in [0.1, 0.15) is 11.5 Å². The maximum Gasteiger partial charge on any atom is 0.138 e. The van der Waals surface area contributed by atoms with Crippen molar-refractivity contribution in [1.82, 2.24) is 9.38 Å². The van der Waals surface area contributed by atoms with Gasteiger partial charge in [-0.3, -0.25) is 4.40 Å². The monoisotopic (exact) mass is 217 g/mol. The summed E-state index contributed by atoms with van der Waals surface area (Å²) in [6.07, 6.45) is 0.903. The Hall–Kier alpha value is -1.51. The normalized spacial score (nSPS) is 12.2. The Morgan fingerprint density at radius 3 is 2.56 bits per heavy atom. The number of hydrogen-bond donors (Lipinski definition) is 1. The Balaban J connectivity index is 2.57. The summed E-state index contributed by atoms with van der Waals surface area (Å²) in [6, 6.07) is 6.05. The molecule has 0 aliphatic heterocycles. The van der Waals surface area contributed by atoms with E-state index in [1.165, 1.54) is 0 Å². The van der Waals surface area contributed by atoms with Crippen molar-refractivity contribution in [1.29, 1.82) is 0 Å². The molecule has 0 bridgehead atoms. The van der Waals surface area contributed by atoms with Gasteiger partial charge in [0.15, 0.2) is 0 Å². The van der Waals surface area contributed by atoms with Crippen LogP contribution in [0.2, 0.25) is 0 Å². The number of nitrogen functional groups attached to an aromatic ring is 1. The third kappa shape index (κ3) is 1.90. The average molecular weight is 217 g/mol. The summed E-state index contributed by atoms with van der Waals surface area (Å²) in [5.74, 6) is 0.781. The SMILES string of the molecule is Cc1cccc2nc(CC(C)(C)C)c(N)n12. The van der Waals surface area contributed by atoms with E-state index >= 15 is 0 Å². The molecule has 2 heterocycles. The fourth-order valence-electron chi connectivity index (χ4n) is 1.96. The zero-order valence-corrected chi connectivity index (χ0v) is 10.4. The van der Waals surface area contributed by atoms with Crippen LogP contribution >= 0.6 is 0 Å².